The third kappa shape index (κ3) is 4.42. The van der Waals surface area contributed by atoms with Gasteiger partial charge in [0.15, 0.2) is 0 Å². The van der Waals surface area contributed by atoms with Crippen LogP contribution < -0.4 is 10.6 Å². The van der Waals surface area contributed by atoms with Gasteiger partial charge in [-0.25, -0.2) is 9.97 Å². The minimum Gasteiger partial charge on any atom is -0.323 e. The number of carbonyl (C=O) groups is 1. The van der Waals surface area contributed by atoms with Crippen LogP contribution in [-0.2, 0) is 0 Å². The van der Waals surface area contributed by atoms with E-state index in [4.69, 9.17) is 0 Å². The molecule has 5 nitrogen and oxygen atoms in total. The van der Waals surface area contributed by atoms with Crippen molar-refractivity contribution in [3.05, 3.63) is 76.0 Å². The lowest BCUT2D eigenvalue weighted by Gasteiger charge is -2.10. The van der Waals surface area contributed by atoms with Crippen molar-refractivity contribution in [1.82, 2.24) is 9.97 Å². The van der Waals surface area contributed by atoms with E-state index in [1.165, 1.54) is 0 Å². The van der Waals surface area contributed by atoms with Gasteiger partial charge in [-0.2, -0.15) is 0 Å². The Kier molecular flexibility index (Phi) is 5.09. The van der Waals surface area contributed by atoms with Gasteiger partial charge in [0.1, 0.15) is 5.69 Å². The third-order valence-corrected chi connectivity index (χ3v) is 4.17. The predicted molar refractivity (Wildman–Crippen MR) is 103 cm³/mol. The van der Waals surface area contributed by atoms with Crippen LogP contribution in [-0.4, -0.2) is 15.9 Å². The van der Waals surface area contributed by atoms with Gasteiger partial charge in [0, 0.05) is 15.9 Å². The molecule has 1 aromatic heterocycles. The summed E-state index contributed by atoms with van der Waals surface area (Å²) in [4.78, 5) is 21.2. The van der Waals surface area contributed by atoms with Crippen LogP contribution in [0.3, 0.4) is 0 Å². The number of rotatable bonds is 4. The van der Waals surface area contributed by atoms with E-state index >= 15 is 0 Å². The second kappa shape index (κ2) is 7.44. The van der Waals surface area contributed by atoms with Crippen molar-refractivity contribution in [3.8, 4) is 0 Å². The summed E-state index contributed by atoms with van der Waals surface area (Å²) in [5, 5.41) is 5.99. The third-order valence-electron chi connectivity index (χ3n) is 3.48. The maximum absolute atomic E-state index is 12.5. The number of carbonyl (C=O) groups excluding carboxylic acids is 1. The summed E-state index contributed by atoms with van der Waals surface area (Å²) < 4.78 is 0.894. The van der Waals surface area contributed by atoms with E-state index in [0.717, 1.165) is 21.4 Å². The van der Waals surface area contributed by atoms with Gasteiger partial charge < -0.3 is 10.6 Å². The fourth-order valence-electron chi connectivity index (χ4n) is 2.34. The number of anilines is 3. The van der Waals surface area contributed by atoms with Crippen molar-refractivity contribution >= 4 is 39.2 Å². The van der Waals surface area contributed by atoms with Crippen molar-refractivity contribution in [2.75, 3.05) is 10.6 Å². The monoisotopic (exact) mass is 396 g/mol. The van der Waals surface area contributed by atoms with Crippen LogP contribution in [0.5, 0.6) is 0 Å². The molecule has 0 aliphatic carbocycles. The Hall–Kier alpha value is -2.73. The van der Waals surface area contributed by atoms with E-state index in [1.807, 2.05) is 62.4 Å². The molecule has 0 fully saturated rings. The molecule has 6 heteroatoms. The molecular formula is C19H17BrN4O. The van der Waals surface area contributed by atoms with Crippen LogP contribution in [0.2, 0.25) is 0 Å². The molecular weight excluding hydrogens is 380 g/mol. The molecule has 0 unspecified atom stereocenters. The number of aryl methyl sites for hydroxylation is 2. The average molecular weight is 397 g/mol. The van der Waals surface area contributed by atoms with Gasteiger partial charge in [0.25, 0.3) is 5.91 Å². The summed E-state index contributed by atoms with van der Waals surface area (Å²) in [7, 11) is 0. The second-order valence-corrected chi connectivity index (χ2v) is 6.50. The molecule has 2 N–H and O–H groups in total. The maximum Gasteiger partial charge on any atom is 0.274 e. The van der Waals surface area contributed by atoms with Crippen LogP contribution in [0.1, 0.15) is 21.7 Å². The Morgan fingerprint density at radius 3 is 2.56 bits per heavy atom. The molecule has 0 aliphatic heterocycles. The molecule has 1 heterocycles. The highest BCUT2D eigenvalue weighted by Gasteiger charge is 2.12. The molecule has 2 aromatic carbocycles. The molecule has 0 atom stereocenters. The quantitative estimate of drug-likeness (QED) is 0.661. The fraction of sp³-hybridized carbons (Fsp3) is 0.105. The molecule has 0 saturated heterocycles. The molecule has 126 valence electrons. The van der Waals surface area contributed by atoms with E-state index in [1.54, 1.807) is 6.07 Å². The lowest BCUT2D eigenvalue weighted by molar-refractivity contribution is 0.102. The second-order valence-electron chi connectivity index (χ2n) is 5.65. The van der Waals surface area contributed by atoms with Crippen LogP contribution in [0.25, 0.3) is 0 Å². The Balaban J connectivity index is 1.83. The minimum atomic E-state index is -0.272. The molecule has 3 aromatic rings. The highest BCUT2D eigenvalue weighted by molar-refractivity contribution is 9.10. The smallest absolute Gasteiger partial charge is 0.274 e. The summed E-state index contributed by atoms with van der Waals surface area (Å²) in [6.45, 7) is 3.81. The van der Waals surface area contributed by atoms with Gasteiger partial charge in [-0.3, -0.25) is 4.79 Å². The number of hydrogen-bond acceptors (Lipinski definition) is 4. The number of amides is 1. The largest absolute Gasteiger partial charge is 0.323 e. The van der Waals surface area contributed by atoms with Crippen molar-refractivity contribution in [2.45, 2.75) is 13.8 Å². The fourth-order valence-corrected chi connectivity index (χ4v) is 2.73. The number of aromatic nitrogens is 2. The molecule has 1 amide bonds. The first-order valence-corrected chi connectivity index (χ1v) is 8.56. The number of halogens is 1. The zero-order chi connectivity index (χ0) is 17.8. The zero-order valence-corrected chi connectivity index (χ0v) is 15.5. The predicted octanol–water partition coefficient (Wildman–Crippen LogP) is 4.85. The summed E-state index contributed by atoms with van der Waals surface area (Å²) >= 11 is 3.47. The molecule has 0 radical (unpaired) electrons. The van der Waals surface area contributed by atoms with E-state index < -0.39 is 0 Å². The van der Waals surface area contributed by atoms with Crippen LogP contribution in [0, 0.1) is 13.8 Å². The van der Waals surface area contributed by atoms with E-state index in [2.05, 4.69) is 36.5 Å². The lowest BCUT2D eigenvalue weighted by atomic mass is 10.2. The summed E-state index contributed by atoms with van der Waals surface area (Å²) in [5.41, 5.74) is 3.66. The highest BCUT2D eigenvalue weighted by atomic mass is 79.9. The maximum atomic E-state index is 12.5. The van der Waals surface area contributed by atoms with Crippen LogP contribution in [0.15, 0.2) is 59.1 Å². The summed E-state index contributed by atoms with van der Waals surface area (Å²) in [5.74, 6) is 0.104. The highest BCUT2D eigenvalue weighted by Crippen LogP contribution is 2.24. The molecule has 25 heavy (non-hydrogen) atoms. The Labute approximate surface area is 154 Å². The lowest BCUT2D eigenvalue weighted by Crippen LogP contribution is -2.15. The van der Waals surface area contributed by atoms with Crippen molar-refractivity contribution in [1.29, 1.82) is 0 Å². The van der Waals surface area contributed by atoms with Gasteiger partial charge in [-0.05, 0) is 65.7 Å². The first kappa shape index (κ1) is 17.1. The van der Waals surface area contributed by atoms with Gasteiger partial charge in [0.05, 0.1) is 5.69 Å². The summed E-state index contributed by atoms with van der Waals surface area (Å²) in [6, 6.07) is 17.0. The van der Waals surface area contributed by atoms with Gasteiger partial charge in [-0.15, -0.1) is 0 Å². The van der Waals surface area contributed by atoms with E-state index in [9.17, 15) is 4.79 Å². The van der Waals surface area contributed by atoms with Crippen molar-refractivity contribution in [2.24, 2.45) is 0 Å². The normalized spacial score (nSPS) is 10.4. The number of nitrogens with zero attached hydrogens (tertiary/aromatic N) is 2. The van der Waals surface area contributed by atoms with E-state index in [-0.39, 0.29) is 5.91 Å². The molecule has 3 rings (SSSR count). The molecule has 0 spiro atoms. The average Bonchev–Trinajstić information content (AvgIpc) is 2.56. The van der Waals surface area contributed by atoms with Gasteiger partial charge in [0.2, 0.25) is 5.95 Å². The first-order chi connectivity index (χ1) is 12.0. The number of hydrogen-bond donors (Lipinski definition) is 2. The molecule has 0 bridgehead atoms. The Morgan fingerprint density at radius 1 is 1.00 bits per heavy atom. The number of benzene rings is 2. The number of nitrogens with one attached hydrogen (secondary N) is 2. The van der Waals surface area contributed by atoms with Gasteiger partial charge >= 0.3 is 0 Å². The zero-order valence-electron chi connectivity index (χ0n) is 13.9. The minimum absolute atomic E-state index is 0.272. The van der Waals surface area contributed by atoms with Crippen LogP contribution in [0.4, 0.5) is 17.3 Å². The van der Waals surface area contributed by atoms with Crippen LogP contribution >= 0.6 is 15.9 Å². The van der Waals surface area contributed by atoms with Gasteiger partial charge in [-0.1, -0.05) is 24.3 Å². The SMILES string of the molecule is Cc1cccc(NC(=O)c2cc(C)nc(Nc3ccccc3Br)n2)c1. The first-order valence-electron chi connectivity index (χ1n) is 7.76. The Bertz CT molecular complexity index is 927. The number of para-hydroxylation sites is 1. The molecule has 0 saturated carbocycles. The molecule has 0 aliphatic rings. The summed E-state index contributed by atoms with van der Waals surface area (Å²) in [6.07, 6.45) is 0. The van der Waals surface area contributed by atoms with Crippen molar-refractivity contribution < 1.29 is 4.79 Å². The standard InChI is InChI=1S/C19H17BrN4O/c1-12-6-5-7-14(10-12)22-18(25)17-11-13(2)21-19(24-17)23-16-9-4-3-8-15(16)20/h3-11H,1-2H3,(H,22,25)(H,21,23,24). The van der Waals surface area contributed by atoms with E-state index in [0.29, 0.717) is 17.3 Å². The topological polar surface area (TPSA) is 66.9 Å². The Morgan fingerprint density at radius 2 is 1.80 bits per heavy atom. The van der Waals surface area contributed by atoms with Crippen molar-refractivity contribution in [3.63, 3.8) is 0 Å².